The number of hydrogen-bond donors (Lipinski definition) is 1. The molecule has 0 saturated carbocycles. The highest BCUT2D eigenvalue weighted by atomic mass is 16.2. The summed E-state index contributed by atoms with van der Waals surface area (Å²) in [6.07, 6.45) is 3.24. The molecule has 2 aromatic carbocycles. The van der Waals surface area contributed by atoms with Gasteiger partial charge in [0.05, 0.1) is 5.56 Å². The van der Waals surface area contributed by atoms with Gasteiger partial charge in [0.1, 0.15) is 0 Å². The molecule has 0 spiro atoms. The molecular weight excluding hydrogens is 338 g/mol. The molecule has 0 unspecified atom stereocenters. The van der Waals surface area contributed by atoms with Crippen molar-refractivity contribution in [1.29, 1.82) is 0 Å². The number of anilines is 2. The number of carbonyl (C=O) groups is 2. The molecule has 0 fully saturated rings. The van der Waals surface area contributed by atoms with Crippen LogP contribution in [0, 0.1) is 0 Å². The second-order valence-corrected chi connectivity index (χ2v) is 6.34. The van der Waals surface area contributed by atoms with E-state index < -0.39 is 0 Å². The van der Waals surface area contributed by atoms with E-state index in [0.29, 0.717) is 24.3 Å². The highest BCUT2D eigenvalue weighted by molar-refractivity contribution is 6.05. The maximum Gasteiger partial charge on any atom is 0.256 e. The Morgan fingerprint density at radius 1 is 1.00 bits per heavy atom. The minimum absolute atomic E-state index is 0.0420. The zero-order valence-electron chi connectivity index (χ0n) is 16.4. The van der Waals surface area contributed by atoms with Crippen LogP contribution in [0.4, 0.5) is 11.4 Å². The molecule has 2 amide bonds. The Kier molecular flexibility index (Phi) is 7.17. The second-order valence-electron chi connectivity index (χ2n) is 6.34. The van der Waals surface area contributed by atoms with Gasteiger partial charge in [-0.2, -0.15) is 0 Å². The van der Waals surface area contributed by atoms with Crippen molar-refractivity contribution in [3.05, 3.63) is 65.7 Å². The summed E-state index contributed by atoms with van der Waals surface area (Å²) in [5, 5.41) is 2.83. The Balaban J connectivity index is 2.22. The largest absolute Gasteiger partial charge is 0.377 e. The van der Waals surface area contributed by atoms with Crippen molar-refractivity contribution in [3.63, 3.8) is 0 Å². The van der Waals surface area contributed by atoms with Crippen LogP contribution >= 0.6 is 0 Å². The van der Waals surface area contributed by atoms with Crippen LogP contribution in [0.1, 0.15) is 29.8 Å². The van der Waals surface area contributed by atoms with E-state index in [1.807, 2.05) is 75.3 Å². The van der Waals surface area contributed by atoms with Crippen molar-refractivity contribution >= 4 is 29.3 Å². The maximum absolute atomic E-state index is 12.9. The molecule has 0 heterocycles. The minimum atomic E-state index is -0.238. The first kappa shape index (κ1) is 20.2. The van der Waals surface area contributed by atoms with Crippen molar-refractivity contribution in [3.8, 4) is 0 Å². The Morgan fingerprint density at radius 3 is 2.26 bits per heavy atom. The molecule has 1 N–H and O–H groups in total. The summed E-state index contributed by atoms with van der Waals surface area (Å²) >= 11 is 0. The summed E-state index contributed by atoms with van der Waals surface area (Å²) < 4.78 is 0. The van der Waals surface area contributed by atoms with Crippen molar-refractivity contribution < 1.29 is 9.59 Å². The van der Waals surface area contributed by atoms with Gasteiger partial charge in [-0.3, -0.25) is 9.59 Å². The summed E-state index contributed by atoms with van der Waals surface area (Å²) in [5.74, 6) is -0.280. The maximum atomic E-state index is 12.9. The molecule has 0 atom stereocenters. The van der Waals surface area contributed by atoms with Gasteiger partial charge >= 0.3 is 0 Å². The summed E-state index contributed by atoms with van der Waals surface area (Å²) in [7, 11) is 3.80. The first-order valence-corrected chi connectivity index (χ1v) is 9.11. The van der Waals surface area contributed by atoms with Crippen LogP contribution in [0.15, 0.2) is 54.6 Å². The Bertz CT molecular complexity index is 810. The van der Waals surface area contributed by atoms with Gasteiger partial charge in [-0.25, -0.2) is 0 Å². The summed E-state index contributed by atoms with van der Waals surface area (Å²) in [4.78, 5) is 28.7. The molecule has 0 saturated heterocycles. The van der Waals surface area contributed by atoms with Crippen molar-refractivity contribution in [1.82, 2.24) is 4.90 Å². The van der Waals surface area contributed by atoms with Gasteiger partial charge < -0.3 is 15.1 Å². The van der Waals surface area contributed by atoms with E-state index in [4.69, 9.17) is 0 Å². The summed E-state index contributed by atoms with van der Waals surface area (Å²) in [6.45, 7) is 5.19. The van der Waals surface area contributed by atoms with E-state index >= 15 is 0 Å². The zero-order valence-corrected chi connectivity index (χ0v) is 16.4. The lowest BCUT2D eigenvalue weighted by atomic mass is 10.1. The first-order valence-electron chi connectivity index (χ1n) is 9.11. The van der Waals surface area contributed by atoms with Gasteiger partial charge in [0.2, 0.25) is 5.91 Å². The lowest BCUT2D eigenvalue weighted by Crippen LogP contribution is -2.31. The second kappa shape index (κ2) is 9.57. The predicted molar refractivity (Wildman–Crippen MR) is 112 cm³/mol. The zero-order chi connectivity index (χ0) is 19.8. The molecule has 0 aliphatic carbocycles. The van der Waals surface area contributed by atoms with Crippen LogP contribution in [-0.4, -0.2) is 43.9 Å². The molecule has 2 rings (SSSR count). The fourth-order valence-corrected chi connectivity index (χ4v) is 2.78. The Hall–Kier alpha value is -3.08. The third-order valence-corrected chi connectivity index (χ3v) is 4.25. The SMILES string of the molecule is CCN(CC)C(=O)c1cc(NC(=O)C=Cc2ccccc2)ccc1N(C)C. The van der Waals surface area contributed by atoms with Gasteiger partial charge in [0.15, 0.2) is 0 Å². The minimum Gasteiger partial charge on any atom is -0.377 e. The van der Waals surface area contributed by atoms with Gasteiger partial charge in [-0.05, 0) is 43.7 Å². The number of benzene rings is 2. The molecule has 2 aromatic rings. The van der Waals surface area contributed by atoms with E-state index in [0.717, 1.165) is 11.3 Å². The molecule has 5 nitrogen and oxygen atoms in total. The van der Waals surface area contributed by atoms with E-state index in [2.05, 4.69) is 5.32 Å². The number of carbonyl (C=O) groups excluding carboxylic acids is 2. The van der Waals surface area contributed by atoms with E-state index in [9.17, 15) is 9.59 Å². The normalized spacial score (nSPS) is 10.7. The third kappa shape index (κ3) is 5.45. The number of nitrogens with zero attached hydrogens (tertiary/aromatic N) is 2. The number of amides is 2. The quantitative estimate of drug-likeness (QED) is 0.758. The molecular formula is C22H27N3O2. The molecule has 0 radical (unpaired) electrons. The van der Waals surface area contributed by atoms with Crippen LogP contribution in [0.25, 0.3) is 6.08 Å². The van der Waals surface area contributed by atoms with Crippen molar-refractivity contribution in [2.45, 2.75) is 13.8 Å². The fourth-order valence-electron chi connectivity index (χ4n) is 2.78. The third-order valence-electron chi connectivity index (χ3n) is 4.25. The standard InChI is InChI=1S/C22H27N3O2/c1-5-25(6-2)22(27)19-16-18(13-14-20(19)24(3)4)23-21(26)15-12-17-10-8-7-9-11-17/h7-16H,5-6H2,1-4H3,(H,23,26). The molecule has 0 aliphatic rings. The summed E-state index contributed by atoms with van der Waals surface area (Å²) in [5.41, 5.74) is 2.95. The topological polar surface area (TPSA) is 52.7 Å². The Labute approximate surface area is 161 Å². The van der Waals surface area contributed by atoms with Crippen molar-refractivity contribution in [2.24, 2.45) is 0 Å². The van der Waals surface area contributed by atoms with E-state index in [1.165, 1.54) is 6.08 Å². The molecule has 27 heavy (non-hydrogen) atoms. The van der Waals surface area contributed by atoms with Gasteiger partial charge in [0.25, 0.3) is 5.91 Å². The van der Waals surface area contributed by atoms with Crippen LogP contribution in [-0.2, 0) is 4.79 Å². The van der Waals surface area contributed by atoms with Crippen LogP contribution in [0.5, 0.6) is 0 Å². The van der Waals surface area contributed by atoms with Crippen molar-refractivity contribution in [2.75, 3.05) is 37.4 Å². The average Bonchev–Trinajstić information content (AvgIpc) is 2.67. The number of hydrogen-bond acceptors (Lipinski definition) is 3. The van der Waals surface area contributed by atoms with E-state index in [1.54, 1.807) is 17.0 Å². The highest BCUT2D eigenvalue weighted by Crippen LogP contribution is 2.24. The fraction of sp³-hybridized carbons (Fsp3) is 0.273. The molecule has 5 heteroatoms. The average molecular weight is 365 g/mol. The monoisotopic (exact) mass is 365 g/mol. The number of nitrogens with one attached hydrogen (secondary N) is 1. The van der Waals surface area contributed by atoms with Gasteiger partial charge in [0, 0.05) is 44.6 Å². The van der Waals surface area contributed by atoms with Crippen LogP contribution < -0.4 is 10.2 Å². The first-order chi connectivity index (χ1) is 13.0. The lowest BCUT2D eigenvalue weighted by Gasteiger charge is -2.23. The van der Waals surface area contributed by atoms with Crippen LogP contribution in [0.3, 0.4) is 0 Å². The molecule has 0 bridgehead atoms. The predicted octanol–water partition coefficient (Wildman–Crippen LogP) is 3.89. The van der Waals surface area contributed by atoms with Gasteiger partial charge in [-0.1, -0.05) is 30.3 Å². The molecule has 0 aromatic heterocycles. The van der Waals surface area contributed by atoms with Gasteiger partial charge in [-0.15, -0.1) is 0 Å². The molecule has 142 valence electrons. The highest BCUT2D eigenvalue weighted by Gasteiger charge is 2.18. The van der Waals surface area contributed by atoms with Crippen LogP contribution in [0.2, 0.25) is 0 Å². The smallest absolute Gasteiger partial charge is 0.256 e. The Morgan fingerprint density at radius 2 is 1.67 bits per heavy atom. The van der Waals surface area contributed by atoms with E-state index in [-0.39, 0.29) is 11.8 Å². The number of rotatable bonds is 7. The molecule has 0 aliphatic heterocycles. The summed E-state index contributed by atoms with van der Waals surface area (Å²) in [6, 6.07) is 15.0. The lowest BCUT2D eigenvalue weighted by molar-refractivity contribution is -0.111.